The van der Waals surface area contributed by atoms with Crippen molar-refractivity contribution in [2.45, 2.75) is 22.5 Å². The van der Waals surface area contributed by atoms with Crippen molar-refractivity contribution in [1.29, 1.82) is 0 Å². The van der Waals surface area contributed by atoms with Gasteiger partial charge in [-0.25, -0.2) is 22.0 Å². The van der Waals surface area contributed by atoms with E-state index in [4.69, 9.17) is 0 Å². The molecule has 0 aliphatic rings. The van der Waals surface area contributed by atoms with Crippen LogP contribution in [0.25, 0.3) is 21.8 Å². The SMILES string of the molecule is O=c1[nH]c2c(S(=O)(=O)c3cc(F)c4ccn(CC(F)(F)F)c4c3)ccc(F)c2c(=O)n1O. The third-order valence-corrected chi connectivity index (χ3v) is 6.48. The second-order valence-electron chi connectivity index (χ2n) is 6.74. The molecular formula is C18H10F5N3O5S. The Hall–Kier alpha value is -3.68. The molecule has 168 valence electrons. The molecule has 2 aromatic heterocycles. The second-order valence-corrected chi connectivity index (χ2v) is 8.66. The quantitative estimate of drug-likeness (QED) is 0.269. The Balaban J connectivity index is 2.02. The molecule has 4 aromatic rings. The van der Waals surface area contributed by atoms with Gasteiger partial charge in [0.2, 0.25) is 9.84 Å². The van der Waals surface area contributed by atoms with Gasteiger partial charge in [-0.1, -0.05) is 4.73 Å². The molecule has 2 heterocycles. The molecule has 0 saturated heterocycles. The van der Waals surface area contributed by atoms with Crippen LogP contribution in [-0.2, 0) is 16.4 Å². The van der Waals surface area contributed by atoms with Crippen molar-refractivity contribution < 1.29 is 35.6 Å². The van der Waals surface area contributed by atoms with Crippen molar-refractivity contribution >= 4 is 31.6 Å². The van der Waals surface area contributed by atoms with Gasteiger partial charge in [0.05, 0.1) is 20.8 Å². The molecule has 0 saturated carbocycles. The van der Waals surface area contributed by atoms with Crippen LogP contribution in [0.15, 0.2) is 55.9 Å². The highest BCUT2D eigenvalue weighted by molar-refractivity contribution is 7.91. The van der Waals surface area contributed by atoms with Crippen LogP contribution in [0.4, 0.5) is 22.0 Å². The molecule has 0 spiro atoms. The van der Waals surface area contributed by atoms with E-state index >= 15 is 0 Å². The predicted octanol–water partition coefficient (Wildman–Crippen LogP) is 2.56. The number of hydrogen-bond acceptors (Lipinski definition) is 5. The number of fused-ring (bicyclic) bond motifs is 2. The van der Waals surface area contributed by atoms with Crippen LogP contribution >= 0.6 is 0 Å². The first-order valence-electron chi connectivity index (χ1n) is 8.58. The molecule has 0 amide bonds. The molecule has 4 rings (SSSR count). The standard InChI is InChI=1S/C18H10F5N3O5S/c19-10-1-2-13(15-14(10)16(27)26(29)17(28)24-15)32(30,31)8-5-11(20)9-3-4-25(12(9)6-8)7-18(21,22)23/h1-6,29H,7H2,(H,24,28). The number of hydrogen-bond donors (Lipinski definition) is 2. The highest BCUT2D eigenvalue weighted by atomic mass is 32.2. The van der Waals surface area contributed by atoms with Crippen LogP contribution in [-0.4, -0.2) is 34.1 Å². The maximum atomic E-state index is 14.5. The summed E-state index contributed by atoms with van der Waals surface area (Å²) in [6.45, 7) is -1.51. The third-order valence-electron chi connectivity index (χ3n) is 4.71. The fourth-order valence-corrected chi connectivity index (χ4v) is 4.76. The van der Waals surface area contributed by atoms with E-state index in [9.17, 15) is 45.2 Å². The zero-order chi connectivity index (χ0) is 23.6. The zero-order valence-electron chi connectivity index (χ0n) is 15.4. The Morgan fingerprint density at radius 2 is 1.72 bits per heavy atom. The number of aromatic amines is 1. The fourth-order valence-electron chi connectivity index (χ4n) is 3.31. The Morgan fingerprint density at radius 1 is 1.03 bits per heavy atom. The smallest absolute Gasteiger partial charge is 0.406 e. The molecule has 0 bridgehead atoms. The highest BCUT2D eigenvalue weighted by Gasteiger charge is 2.30. The van der Waals surface area contributed by atoms with Gasteiger partial charge in [-0.05, 0) is 30.3 Å². The molecule has 0 unspecified atom stereocenters. The topological polar surface area (TPSA) is 114 Å². The molecular weight excluding hydrogens is 465 g/mol. The lowest BCUT2D eigenvalue weighted by Crippen LogP contribution is -2.34. The van der Waals surface area contributed by atoms with Gasteiger partial charge in [-0.3, -0.25) is 4.79 Å². The van der Waals surface area contributed by atoms with Gasteiger partial charge in [0.25, 0.3) is 5.56 Å². The first-order chi connectivity index (χ1) is 14.8. The third kappa shape index (κ3) is 3.32. The normalized spacial score (nSPS) is 12.7. The molecule has 32 heavy (non-hydrogen) atoms. The van der Waals surface area contributed by atoms with Crippen molar-refractivity contribution in [2.24, 2.45) is 0 Å². The van der Waals surface area contributed by atoms with Crippen molar-refractivity contribution in [1.82, 2.24) is 14.3 Å². The molecule has 0 atom stereocenters. The summed E-state index contributed by atoms with van der Waals surface area (Å²) in [5, 5.41) is 8.16. The van der Waals surface area contributed by atoms with E-state index in [1.54, 1.807) is 0 Å². The molecule has 8 nitrogen and oxygen atoms in total. The molecule has 0 fully saturated rings. The Kier molecular flexibility index (Phi) is 4.66. The predicted molar refractivity (Wildman–Crippen MR) is 99.4 cm³/mol. The lowest BCUT2D eigenvalue weighted by atomic mass is 10.2. The number of nitrogens with zero attached hydrogens (tertiary/aromatic N) is 2. The van der Waals surface area contributed by atoms with Gasteiger partial charge in [0.15, 0.2) is 0 Å². The number of H-pyrrole nitrogens is 1. The minimum absolute atomic E-state index is 0.270. The monoisotopic (exact) mass is 475 g/mol. The van der Waals surface area contributed by atoms with Gasteiger partial charge < -0.3 is 14.8 Å². The van der Waals surface area contributed by atoms with Crippen molar-refractivity contribution in [3.05, 3.63) is 69.0 Å². The second kappa shape index (κ2) is 6.91. The number of aromatic nitrogens is 3. The van der Waals surface area contributed by atoms with Crippen LogP contribution < -0.4 is 11.2 Å². The summed E-state index contributed by atoms with van der Waals surface area (Å²) >= 11 is 0. The van der Waals surface area contributed by atoms with Crippen molar-refractivity contribution in [3.8, 4) is 0 Å². The van der Waals surface area contributed by atoms with Gasteiger partial charge in [0, 0.05) is 11.6 Å². The maximum Gasteiger partial charge on any atom is 0.406 e. The lowest BCUT2D eigenvalue weighted by molar-refractivity contribution is -0.139. The van der Waals surface area contributed by atoms with Crippen LogP contribution in [0.1, 0.15) is 0 Å². The number of nitrogens with one attached hydrogen (secondary N) is 1. The van der Waals surface area contributed by atoms with Gasteiger partial charge in [-0.15, -0.1) is 0 Å². The van der Waals surface area contributed by atoms with Gasteiger partial charge in [-0.2, -0.15) is 13.2 Å². The summed E-state index contributed by atoms with van der Waals surface area (Å²) in [5.74, 6) is -2.40. The largest absolute Gasteiger partial charge is 0.421 e. The summed E-state index contributed by atoms with van der Waals surface area (Å²) in [4.78, 5) is 24.0. The molecule has 0 aliphatic carbocycles. The molecule has 2 N–H and O–H groups in total. The van der Waals surface area contributed by atoms with Crippen LogP contribution in [0.2, 0.25) is 0 Å². The summed E-state index contributed by atoms with van der Waals surface area (Å²) in [6, 6.07) is 3.66. The Morgan fingerprint density at radius 3 is 2.38 bits per heavy atom. The summed E-state index contributed by atoms with van der Waals surface area (Å²) in [6.07, 6.45) is -3.74. The first-order valence-corrected chi connectivity index (χ1v) is 10.1. The number of benzene rings is 2. The summed E-state index contributed by atoms with van der Waals surface area (Å²) in [5.41, 5.74) is -4.18. The average Bonchev–Trinajstić information content (AvgIpc) is 3.07. The van der Waals surface area contributed by atoms with Gasteiger partial charge >= 0.3 is 11.9 Å². The van der Waals surface area contributed by atoms with Crippen LogP contribution in [0.5, 0.6) is 0 Å². The number of rotatable bonds is 3. The number of halogens is 5. The molecule has 14 heteroatoms. The number of sulfone groups is 1. The zero-order valence-corrected chi connectivity index (χ0v) is 16.3. The molecule has 0 radical (unpaired) electrons. The molecule has 0 aliphatic heterocycles. The van der Waals surface area contributed by atoms with E-state index in [0.29, 0.717) is 22.8 Å². The summed E-state index contributed by atoms with van der Waals surface area (Å²) < 4.78 is 93.6. The van der Waals surface area contributed by atoms with Gasteiger partial charge in [0.1, 0.15) is 23.6 Å². The molecule has 2 aromatic carbocycles. The summed E-state index contributed by atoms with van der Waals surface area (Å²) in [7, 11) is -4.78. The van der Waals surface area contributed by atoms with E-state index in [2.05, 4.69) is 0 Å². The minimum atomic E-state index is -4.78. The van der Waals surface area contributed by atoms with E-state index < -0.39 is 70.9 Å². The number of alkyl halides is 3. The van der Waals surface area contributed by atoms with Crippen molar-refractivity contribution in [3.63, 3.8) is 0 Å². The lowest BCUT2D eigenvalue weighted by Gasteiger charge is -2.12. The van der Waals surface area contributed by atoms with E-state index in [-0.39, 0.29) is 10.9 Å². The minimum Gasteiger partial charge on any atom is -0.421 e. The first kappa shape index (κ1) is 21.5. The van der Waals surface area contributed by atoms with Crippen molar-refractivity contribution in [2.75, 3.05) is 0 Å². The Bertz CT molecular complexity index is 1630. The van der Waals surface area contributed by atoms with E-state index in [1.807, 2.05) is 4.98 Å². The van der Waals surface area contributed by atoms with E-state index in [1.165, 1.54) is 0 Å². The Labute approximate surface area is 173 Å². The maximum absolute atomic E-state index is 14.5. The highest BCUT2D eigenvalue weighted by Crippen LogP contribution is 2.31. The van der Waals surface area contributed by atoms with Crippen LogP contribution in [0, 0.1) is 11.6 Å². The van der Waals surface area contributed by atoms with Crippen LogP contribution in [0.3, 0.4) is 0 Å². The van der Waals surface area contributed by atoms with E-state index in [0.717, 1.165) is 18.3 Å². The average molecular weight is 475 g/mol. The fraction of sp³-hybridized carbons (Fsp3) is 0.111.